The van der Waals surface area contributed by atoms with Crippen molar-refractivity contribution in [3.63, 3.8) is 0 Å². The Morgan fingerprint density at radius 3 is 2.37 bits per heavy atom. The van der Waals surface area contributed by atoms with Gasteiger partial charge in [0.15, 0.2) is 0 Å². The first-order valence-electron chi connectivity index (χ1n) is 8.01. The highest BCUT2D eigenvalue weighted by Crippen LogP contribution is 2.31. The van der Waals surface area contributed by atoms with Gasteiger partial charge in [0.25, 0.3) is 0 Å². The zero-order valence-electron chi connectivity index (χ0n) is 13.7. The molecule has 0 aliphatic carbocycles. The number of hydrogen-bond acceptors (Lipinski definition) is 3. The lowest BCUT2D eigenvalue weighted by molar-refractivity contribution is 0.0227. The highest BCUT2D eigenvalue weighted by molar-refractivity contribution is 4.98. The van der Waals surface area contributed by atoms with Gasteiger partial charge in [-0.1, -0.05) is 20.3 Å². The number of likely N-dealkylation sites (N-methyl/N-ethyl adjacent to an activating group) is 1. The van der Waals surface area contributed by atoms with Crippen LogP contribution >= 0.6 is 0 Å². The molecule has 0 saturated carbocycles. The van der Waals surface area contributed by atoms with Crippen LogP contribution in [0.5, 0.6) is 0 Å². The number of nitrogens with zero attached hydrogens (tertiary/aromatic N) is 1. The van der Waals surface area contributed by atoms with Gasteiger partial charge in [-0.2, -0.15) is 0 Å². The van der Waals surface area contributed by atoms with Crippen LogP contribution in [0.4, 0.5) is 0 Å². The highest BCUT2D eigenvalue weighted by atomic mass is 16.5. The molecule has 114 valence electrons. The van der Waals surface area contributed by atoms with E-state index in [4.69, 9.17) is 4.74 Å². The van der Waals surface area contributed by atoms with Gasteiger partial charge in [-0.3, -0.25) is 4.90 Å². The van der Waals surface area contributed by atoms with E-state index >= 15 is 0 Å². The smallest absolute Gasteiger partial charge is 0.0465 e. The Bertz CT molecular complexity index is 241. The largest absolute Gasteiger partial charge is 0.385 e. The summed E-state index contributed by atoms with van der Waals surface area (Å²) in [6.07, 6.45) is 6.46. The van der Waals surface area contributed by atoms with Crippen molar-refractivity contribution in [1.82, 2.24) is 10.2 Å². The Labute approximate surface area is 120 Å². The Balaban J connectivity index is 2.76. The van der Waals surface area contributed by atoms with Gasteiger partial charge in [0.1, 0.15) is 0 Å². The summed E-state index contributed by atoms with van der Waals surface area (Å²) in [5, 5.41) is 3.60. The lowest BCUT2D eigenvalue weighted by Crippen LogP contribution is -2.62. The third-order valence-electron chi connectivity index (χ3n) is 5.12. The van der Waals surface area contributed by atoms with E-state index in [2.05, 4.69) is 38.0 Å². The molecule has 3 unspecified atom stereocenters. The average molecular weight is 270 g/mol. The monoisotopic (exact) mass is 270 g/mol. The number of hydrogen-bond donors (Lipinski definition) is 1. The fourth-order valence-corrected chi connectivity index (χ4v) is 3.72. The van der Waals surface area contributed by atoms with E-state index in [1.807, 2.05) is 0 Å². The number of nitrogens with one attached hydrogen (secondary N) is 1. The summed E-state index contributed by atoms with van der Waals surface area (Å²) in [7, 11) is 3.91. The molecule has 1 N–H and O–H groups in total. The number of rotatable bonds is 8. The van der Waals surface area contributed by atoms with Gasteiger partial charge in [-0.15, -0.1) is 0 Å². The molecule has 3 nitrogen and oxygen atoms in total. The Kier molecular flexibility index (Phi) is 7.33. The Morgan fingerprint density at radius 1 is 1.26 bits per heavy atom. The van der Waals surface area contributed by atoms with Crippen molar-refractivity contribution in [2.45, 2.75) is 64.5 Å². The zero-order chi connectivity index (χ0) is 14.3. The van der Waals surface area contributed by atoms with Crippen LogP contribution in [-0.4, -0.2) is 50.3 Å². The highest BCUT2D eigenvalue weighted by Gasteiger charge is 2.40. The molecular formula is C16H34N2O. The fraction of sp³-hybridized carbons (Fsp3) is 1.00. The van der Waals surface area contributed by atoms with Gasteiger partial charge >= 0.3 is 0 Å². The quantitative estimate of drug-likeness (QED) is 0.734. The molecule has 1 saturated heterocycles. The van der Waals surface area contributed by atoms with Crippen LogP contribution in [0.15, 0.2) is 0 Å². The SMILES string of the molecule is CCC(C)(C(NC)C(C)CCOC)N1CCCCC1. The normalized spacial score (nSPS) is 23.8. The van der Waals surface area contributed by atoms with Crippen molar-refractivity contribution < 1.29 is 4.74 Å². The molecule has 0 spiro atoms. The van der Waals surface area contributed by atoms with E-state index in [0.29, 0.717) is 12.0 Å². The number of piperidine rings is 1. The van der Waals surface area contributed by atoms with Gasteiger partial charge in [0, 0.05) is 25.3 Å². The van der Waals surface area contributed by atoms with Crippen molar-refractivity contribution in [1.29, 1.82) is 0 Å². The fourth-order valence-electron chi connectivity index (χ4n) is 3.72. The molecule has 3 atom stereocenters. The first-order valence-corrected chi connectivity index (χ1v) is 8.01. The summed E-state index contributed by atoms with van der Waals surface area (Å²) in [5.41, 5.74) is 0.266. The maximum atomic E-state index is 5.26. The maximum absolute atomic E-state index is 5.26. The summed E-state index contributed by atoms with van der Waals surface area (Å²) in [6, 6.07) is 0.533. The predicted octanol–water partition coefficient (Wildman–Crippen LogP) is 2.90. The molecule has 0 aromatic rings. The zero-order valence-corrected chi connectivity index (χ0v) is 13.7. The van der Waals surface area contributed by atoms with Crippen molar-refractivity contribution in [3.8, 4) is 0 Å². The average Bonchev–Trinajstić information content (AvgIpc) is 2.46. The number of methoxy groups -OCH3 is 1. The standard InChI is InChI=1S/C16H34N2O/c1-6-16(3,18-11-8-7-9-12-18)15(17-4)14(2)10-13-19-5/h14-15,17H,6-13H2,1-5H3. The lowest BCUT2D eigenvalue weighted by Gasteiger charge is -2.50. The molecule has 0 bridgehead atoms. The van der Waals surface area contributed by atoms with Crippen LogP contribution in [0.2, 0.25) is 0 Å². The minimum atomic E-state index is 0.266. The molecule has 1 fully saturated rings. The van der Waals surface area contributed by atoms with E-state index in [9.17, 15) is 0 Å². The van der Waals surface area contributed by atoms with Crippen LogP contribution in [0.3, 0.4) is 0 Å². The lowest BCUT2D eigenvalue weighted by atomic mass is 9.78. The first kappa shape index (κ1) is 16.9. The van der Waals surface area contributed by atoms with Gasteiger partial charge < -0.3 is 10.1 Å². The molecule has 3 heteroatoms. The molecule has 19 heavy (non-hydrogen) atoms. The molecule has 0 aromatic heterocycles. The van der Waals surface area contributed by atoms with Crippen molar-refractivity contribution in [2.24, 2.45) is 5.92 Å². The Morgan fingerprint density at radius 2 is 1.89 bits per heavy atom. The molecule has 1 rings (SSSR count). The molecule has 1 aliphatic rings. The summed E-state index contributed by atoms with van der Waals surface area (Å²) >= 11 is 0. The van der Waals surface area contributed by atoms with Crippen molar-refractivity contribution in [3.05, 3.63) is 0 Å². The van der Waals surface area contributed by atoms with Crippen LogP contribution in [0.1, 0.15) is 52.9 Å². The van der Waals surface area contributed by atoms with Gasteiger partial charge in [0.05, 0.1) is 0 Å². The van der Waals surface area contributed by atoms with Gasteiger partial charge in [-0.05, 0) is 58.7 Å². The van der Waals surface area contributed by atoms with Crippen LogP contribution in [0, 0.1) is 5.92 Å². The maximum Gasteiger partial charge on any atom is 0.0465 e. The molecule has 0 radical (unpaired) electrons. The summed E-state index contributed by atoms with van der Waals surface area (Å²) in [5.74, 6) is 0.636. The van der Waals surface area contributed by atoms with E-state index in [1.54, 1.807) is 7.11 Å². The second-order valence-electron chi connectivity index (χ2n) is 6.28. The van der Waals surface area contributed by atoms with E-state index in [0.717, 1.165) is 13.0 Å². The number of likely N-dealkylation sites (tertiary alicyclic amines) is 1. The molecule has 0 aromatic carbocycles. The first-order chi connectivity index (χ1) is 9.10. The van der Waals surface area contributed by atoms with E-state index in [-0.39, 0.29) is 5.54 Å². The molecule has 0 amide bonds. The summed E-state index contributed by atoms with van der Waals surface area (Å²) in [4.78, 5) is 2.72. The molecular weight excluding hydrogens is 236 g/mol. The van der Waals surface area contributed by atoms with Crippen LogP contribution in [-0.2, 0) is 4.74 Å². The third-order valence-corrected chi connectivity index (χ3v) is 5.12. The third kappa shape index (κ3) is 4.17. The molecule has 1 aliphatic heterocycles. The summed E-state index contributed by atoms with van der Waals surface area (Å²) in [6.45, 7) is 10.5. The van der Waals surface area contributed by atoms with Gasteiger partial charge in [-0.25, -0.2) is 0 Å². The molecule has 1 heterocycles. The van der Waals surface area contributed by atoms with E-state index in [1.165, 1.54) is 38.8 Å². The second-order valence-corrected chi connectivity index (χ2v) is 6.28. The second kappa shape index (κ2) is 8.23. The number of ether oxygens (including phenoxy) is 1. The minimum absolute atomic E-state index is 0.266. The Hall–Kier alpha value is -0.120. The van der Waals surface area contributed by atoms with Gasteiger partial charge in [0.2, 0.25) is 0 Å². The van der Waals surface area contributed by atoms with E-state index < -0.39 is 0 Å². The topological polar surface area (TPSA) is 24.5 Å². The predicted molar refractivity (Wildman–Crippen MR) is 82.6 cm³/mol. The van der Waals surface area contributed by atoms with Crippen LogP contribution < -0.4 is 5.32 Å². The summed E-state index contributed by atoms with van der Waals surface area (Å²) < 4.78 is 5.26. The van der Waals surface area contributed by atoms with Crippen molar-refractivity contribution in [2.75, 3.05) is 33.9 Å². The van der Waals surface area contributed by atoms with Crippen LogP contribution in [0.25, 0.3) is 0 Å². The van der Waals surface area contributed by atoms with Crippen molar-refractivity contribution >= 4 is 0 Å². The minimum Gasteiger partial charge on any atom is -0.385 e.